The molecule has 3 rings (SSSR count). The lowest BCUT2D eigenvalue weighted by molar-refractivity contribution is 0.483. The van der Waals surface area contributed by atoms with Crippen molar-refractivity contribution < 1.29 is 13.0 Å². The van der Waals surface area contributed by atoms with Crippen LogP contribution in [0.25, 0.3) is 18.2 Å². The zero-order valence-corrected chi connectivity index (χ0v) is 17.0. The molecule has 0 unspecified atom stereocenters. The number of hydrogen-bond donors (Lipinski definition) is 1. The van der Waals surface area contributed by atoms with Crippen molar-refractivity contribution in [3.8, 4) is 0 Å². The highest BCUT2D eigenvalue weighted by atomic mass is 32.2. The lowest BCUT2D eigenvalue weighted by Gasteiger charge is -2.04. The molecule has 1 aromatic heterocycles. The van der Waals surface area contributed by atoms with Crippen LogP contribution in [-0.4, -0.2) is 25.9 Å². The molecule has 5 nitrogen and oxygen atoms in total. The van der Waals surface area contributed by atoms with Crippen LogP contribution in [-0.2, 0) is 10.1 Å². The Morgan fingerprint density at radius 1 is 0.931 bits per heavy atom. The third kappa shape index (κ3) is 5.45. The molecule has 0 aliphatic carbocycles. The number of aliphatic imine (C=N–C) groups is 2. The van der Waals surface area contributed by atoms with Crippen molar-refractivity contribution >= 4 is 64.0 Å². The van der Waals surface area contributed by atoms with Crippen LogP contribution >= 0.6 is 11.3 Å². The first-order valence-electron chi connectivity index (χ1n) is 8.52. The maximum absolute atomic E-state index is 11.6. The first kappa shape index (κ1) is 20.6. The molecule has 29 heavy (non-hydrogen) atoms. The van der Waals surface area contributed by atoms with E-state index in [4.69, 9.17) is 0 Å². The molecular weight excluding hydrogens is 404 g/mol. The van der Waals surface area contributed by atoms with Gasteiger partial charge in [-0.1, -0.05) is 43.0 Å². The van der Waals surface area contributed by atoms with Crippen LogP contribution in [0, 0.1) is 0 Å². The van der Waals surface area contributed by atoms with Gasteiger partial charge in [0.2, 0.25) is 0 Å². The SMILES string of the molecule is C=Cc1ccc(/C=N/c2ccc(/C=C/c3ccc(N=C)cc3S(=O)(=O)O)cc2)s1. The normalized spacial score (nSPS) is 11.9. The molecule has 146 valence electrons. The van der Waals surface area contributed by atoms with Crippen LogP contribution < -0.4 is 0 Å². The van der Waals surface area contributed by atoms with Gasteiger partial charge in [-0.3, -0.25) is 14.5 Å². The molecule has 7 heteroatoms. The standard InChI is InChI=1S/C22H18N2O3S2/c1-3-20-12-13-21(28-20)15-24-18-9-5-16(6-10-18)4-7-17-8-11-19(23-2)14-22(17)29(25,26)27/h3-15H,1-2H2,(H,25,26,27)/b7-4+,24-15+. The van der Waals surface area contributed by atoms with E-state index in [2.05, 4.69) is 23.3 Å². The maximum Gasteiger partial charge on any atom is 0.295 e. The Morgan fingerprint density at radius 2 is 1.62 bits per heavy atom. The summed E-state index contributed by atoms with van der Waals surface area (Å²) in [4.78, 5) is 10.1. The van der Waals surface area contributed by atoms with Gasteiger partial charge in [-0.05, 0) is 54.2 Å². The molecule has 0 atom stereocenters. The average molecular weight is 423 g/mol. The third-order valence-corrected chi connectivity index (χ3v) is 5.92. The van der Waals surface area contributed by atoms with Crippen LogP contribution in [0.15, 0.2) is 76.1 Å². The summed E-state index contributed by atoms with van der Waals surface area (Å²) in [6, 6.07) is 15.9. The Labute approximate surface area is 173 Å². The molecule has 0 saturated heterocycles. The molecule has 0 radical (unpaired) electrons. The zero-order valence-electron chi connectivity index (χ0n) is 15.4. The van der Waals surface area contributed by atoms with Crippen LogP contribution in [0.3, 0.4) is 0 Å². The highest BCUT2D eigenvalue weighted by Gasteiger charge is 2.14. The summed E-state index contributed by atoms with van der Waals surface area (Å²) in [6.45, 7) is 7.11. The number of benzene rings is 2. The zero-order chi connectivity index (χ0) is 20.9. The van der Waals surface area contributed by atoms with Crippen LogP contribution in [0.4, 0.5) is 11.4 Å². The van der Waals surface area contributed by atoms with Gasteiger partial charge < -0.3 is 0 Å². The van der Waals surface area contributed by atoms with Crippen molar-refractivity contribution in [2.24, 2.45) is 9.98 Å². The predicted molar refractivity (Wildman–Crippen MR) is 122 cm³/mol. The molecule has 0 aliphatic heterocycles. The molecule has 0 aliphatic rings. The Kier molecular flexibility index (Phi) is 6.33. The minimum Gasteiger partial charge on any atom is -0.282 e. The average Bonchev–Trinajstić information content (AvgIpc) is 3.19. The highest BCUT2D eigenvalue weighted by molar-refractivity contribution is 7.86. The molecule has 1 heterocycles. The van der Waals surface area contributed by atoms with E-state index in [1.807, 2.05) is 36.4 Å². The summed E-state index contributed by atoms with van der Waals surface area (Å²) < 4.78 is 32.7. The van der Waals surface area contributed by atoms with E-state index in [0.29, 0.717) is 11.3 Å². The van der Waals surface area contributed by atoms with Crippen LogP contribution in [0.1, 0.15) is 20.9 Å². The van der Waals surface area contributed by atoms with Crippen molar-refractivity contribution in [1.82, 2.24) is 0 Å². The van der Waals surface area contributed by atoms with Crippen molar-refractivity contribution in [1.29, 1.82) is 0 Å². The first-order valence-corrected chi connectivity index (χ1v) is 10.8. The quantitative estimate of drug-likeness (QED) is 0.293. The third-order valence-electron chi connectivity index (χ3n) is 4.00. The van der Waals surface area contributed by atoms with Crippen molar-refractivity contribution in [3.05, 3.63) is 82.1 Å². The van der Waals surface area contributed by atoms with Gasteiger partial charge in [-0.2, -0.15) is 8.42 Å². The number of thiophene rings is 1. The predicted octanol–water partition coefficient (Wildman–Crippen LogP) is 5.89. The van der Waals surface area contributed by atoms with Gasteiger partial charge >= 0.3 is 0 Å². The maximum atomic E-state index is 11.6. The molecular formula is C22H18N2O3S2. The van der Waals surface area contributed by atoms with E-state index in [-0.39, 0.29) is 4.90 Å². The second-order valence-corrected chi connectivity index (χ2v) is 8.52. The first-order chi connectivity index (χ1) is 13.9. The Morgan fingerprint density at radius 3 is 2.24 bits per heavy atom. The van der Waals surface area contributed by atoms with Crippen molar-refractivity contribution in [3.63, 3.8) is 0 Å². The second kappa shape index (κ2) is 8.91. The van der Waals surface area contributed by atoms with E-state index in [1.165, 1.54) is 6.07 Å². The molecule has 0 saturated carbocycles. The largest absolute Gasteiger partial charge is 0.295 e. The molecule has 3 aromatic rings. The van der Waals surface area contributed by atoms with E-state index in [1.54, 1.807) is 47.9 Å². The van der Waals surface area contributed by atoms with Crippen LogP contribution in [0.5, 0.6) is 0 Å². The van der Waals surface area contributed by atoms with E-state index in [9.17, 15) is 13.0 Å². The van der Waals surface area contributed by atoms with Crippen molar-refractivity contribution in [2.75, 3.05) is 0 Å². The lowest BCUT2D eigenvalue weighted by Crippen LogP contribution is -2.00. The Balaban J connectivity index is 1.78. The molecule has 0 fully saturated rings. The minimum atomic E-state index is -4.37. The van der Waals surface area contributed by atoms with Gasteiger partial charge in [0.1, 0.15) is 4.90 Å². The number of nitrogens with zero attached hydrogens (tertiary/aromatic N) is 2. The Bertz CT molecular complexity index is 1210. The highest BCUT2D eigenvalue weighted by Crippen LogP contribution is 2.24. The lowest BCUT2D eigenvalue weighted by atomic mass is 10.1. The van der Waals surface area contributed by atoms with Gasteiger partial charge in [-0.25, -0.2) is 0 Å². The van der Waals surface area contributed by atoms with E-state index < -0.39 is 10.1 Å². The fourth-order valence-electron chi connectivity index (χ4n) is 2.53. The second-order valence-electron chi connectivity index (χ2n) is 5.98. The molecule has 2 aromatic carbocycles. The Hall–Kier alpha value is -3.13. The molecule has 0 spiro atoms. The summed E-state index contributed by atoms with van der Waals surface area (Å²) >= 11 is 1.61. The van der Waals surface area contributed by atoms with Crippen molar-refractivity contribution in [2.45, 2.75) is 4.90 Å². The number of rotatable bonds is 7. The fourth-order valence-corrected chi connectivity index (χ4v) is 3.96. The van der Waals surface area contributed by atoms with Gasteiger partial charge in [0, 0.05) is 16.0 Å². The summed E-state index contributed by atoms with van der Waals surface area (Å²) in [5.41, 5.74) is 2.39. The van der Waals surface area contributed by atoms with Gasteiger partial charge in [-0.15, -0.1) is 11.3 Å². The van der Waals surface area contributed by atoms with Gasteiger partial charge in [0.15, 0.2) is 0 Å². The topological polar surface area (TPSA) is 79.1 Å². The van der Waals surface area contributed by atoms with Gasteiger partial charge in [0.05, 0.1) is 11.4 Å². The summed E-state index contributed by atoms with van der Waals surface area (Å²) in [7, 11) is -4.37. The van der Waals surface area contributed by atoms with Gasteiger partial charge in [0.25, 0.3) is 10.1 Å². The molecule has 0 amide bonds. The fraction of sp³-hybridized carbons (Fsp3) is 0. The smallest absolute Gasteiger partial charge is 0.282 e. The monoisotopic (exact) mass is 422 g/mol. The van der Waals surface area contributed by atoms with Crippen LogP contribution in [0.2, 0.25) is 0 Å². The molecule has 0 bridgehead atoms. The summed E-state index contributed by atoms with van der Waals surface area (Å²) in [6.07, 6.45) is 6.99. The summed E-state index contributed by atoms with van der Waals surface area (Å²) in [5, 5.41) is 0. The van der Waals surface area contributed by atoms with E-state index >= 15 is 0 Å². The minimum absolute atomic E-state index is 0.213. The van der Waals surface area contributed by atoms with E-state index in [0.717, 1.165) is 21.0 Å². The molecule has 1 N–H and O–H groups in total. The summed E-state index contributed by atoms with van der Waals surface area (Å²) in [5.74, 6) is 0. The number of hydrogen-bond acceptors (Lipinski definition) is 5.